The standard InChI is InChI=1S/C21H18F3N3O2/c1-13(28)11-18-14(2)26-27(20(18)29)19-10-7-16(12-25-19)4-3-15-5-8-17(9-6-15)21(22,23)24/h3-10,12,26H,11H2,1-2H3/b4-3+. The number of pyridine rings is 1. The molecule has 1 N–H and O–H groups in total. The van der Waals surface area contributed by atoms with Gasteiger partial charge in [0.05, 0.1) is 5.56 Å². The highest BCUT2D eigenvalue weighted by Crippen LogP contribution is 2.29. The number of rotatable bonds is 5. The fourth-order valence-corrected chi connectivity index (χ4v) is 2.80. The predicted octanol–water partition coefficient (Wildman–Crippen LogP) is 4.19. The lowest BCUT2D eigenvalue weighted by molar-refractivity contribution is -0.137. The van der Waals surface area contributed by atoms with Crippen molar-refractivity contribution in [1.29, 1.82) is 0 Å². The summed E-state index contributed by atoms with van der Waals surface area (Å²) in [6.07, 6.45) is 0.627. The number of nitrogens with zero attached hydrogens (tertiary/aromatic N) is 2. The van der Waals surface area contributed by atoms with Crippen molar-refractivity contribution in [2.45, 2.75) is 26.4 Å². The minimum absolute atomic E-state index is 0.0577. The maximum absolute atomic E-state index is 12.6. The number of aromatic amines is 1. The highest BCUT2D eigenvalue weighted by atomic mass is 19.4. The molecule has 0 radical (unpaired) electrons. The van der Waals surface area contributed by atoms with Crippen LogP contribution in [-0.2, 0) is 17.4 Å². The number of halogens is 3. The van der Waals surface area contributed by atoms with Crippen LogP contribution < -0.4 is 5.56 Å². The molecule has 0 saturated heterocycles. The number of carbonyl (C=O) groups is 1. The third kappa shape index (κ3) is 4.71. The molecule has 29 heavy (non-hydrogen) atoms. The van der Waals surface area contributed by atoms with Gasteiger partial charge in [-0.3, -0.25) is 14.7 Å². The summed E-state index contributed by atoms with van der Waals surface area (Å²) >= 11 is 0. The monoisotopic (exact) mass is 401 g/mol. The number of aromatic nitrogens is 3. The van der Waals surface area contributed by atoms with Crippen molar-refractivity contribution in [2.75, 3.05) is 0 Å². The van der Waals surface area contributed by atoms with Crippen molar-refractivity contribution in [1.82, 2.24) is 14.8 Å². The van der Waals surface area contributed by atoms with Crippen molar-refractivity contribution < 1.29 is 18.0 Å². The molecule has 0 atom stereocenters. The Morgan fingerprint density at radius 1 is 1.10 bits per heavy atom. The Bertz CT molecular complexity index is 1110. The molecule has 0 bridgehead atoms. The molecule has 0 fully saturated rings. The van der Waals surface area contributed by atoms with Gasteiger partial charge in [0.1, 0.15) is 5.78 Å². The Balaban J connectivity index is 1.78. The van der Waals surface area contributed by atoms with Crippen LogP contribution in [0.15, 0.2) is 47.4 Å². The zero-order valence-corrected chi connectivity index (χ0v) is 15.7. The summed E-state index contributed by atoms with van der Waals surface area (Å²) in [7, 11) is 0. The van der Waals surface area contributed by atoms with Crippen LogP contribution in [0.2, 0.25) is 0 Å². The van der Waals surface area contributed by atoms with E-state index in [1.54, 1.807) is 37.4 Å². The van der Waals surface area contributed by atoms with Gasteiger partial charge >= 0.3 is 6.18 Å². The summed E-state index contributed by atoms with van der Waals surface area (Å²) in [5, 5.41) is 2.91. The quantitative estimate of drug-likeness (QED) is 0.697. The van der Waals surface area contributed by atoms with Gasteiger partial charge in [-0.2, -0.15) is 13.2 Å². The van der Waals surface area contributed by atoms with E-state index in [0.717, 1.165) is 12.1 Å². The van der Waals surface area contributed by atoms with Crippen LogP contribution in [0.3, 0.4) is 0 Å². The van der Waals surface area contributed by atoms with Crippen molar-refractivity contribution in [3.8, 4) is 5.82 Å². The molecule has 0 spiro atoms. The van der Waals surface area contributed by atoms with E-state index in [1.165, 1.54) is 23.7 Å². The molecule has 0 aliphatic rings. The number of aryl methyl sites for hydroxylation is 1. The molecular formula is C21H18F3N3O2. The lowest BCUT2D eigenvalue weighted by atomic mass is 10.1. The van der Waals surface area contributed by atoms with E-state index >= 15 is 0 Å². The molecule has 0 aliphatic heterocycles. The third-order valence-electron chi connectivity index (χ3n) is 4.33. The molecule has 8 heteroatoms. The van der Waals surface area contributed by atoms with Gasteiger partial charge in [0, 0.05) is 23.9 Å². The second kappa shape index (κ2) is 7.90. The summed E-state index contributed by atoms with van der Waals surface area (Å²) in [5.41, 5.74) is 1.33. The number of carbonyl (C=O) groups excluding carboxylic acids is 1. The predicted molar refractivity (Wildman–Crippen MR) is 104 cm³/mol. The molecule has 0 aliphatic carbocycles. The smallest absolute Gasteiger partial charge is 0.300 e. The average molecular weight is 401 g/mol. The van der Waals surface area contributed by atoms with E-state index in [-0.39, 0.29) is 17.8 Å². The number of nitrogens with one attached hydrogen (secondary N) is 1. The maximum atomic E-state index is 12.6. The molecular weight excluding hydrogens is 383 g/mol. The summed E-state index contributed by atoms with van der Waals surface area (Å²) in [6, 6.07) is 8.20. The van der Waals surface area contributed by atoms with Crippen molar-refractivity contribution in [2.24, 2.45) is 0 Å². The highest BCUT2D eigenvalue weighted by Gasteiger charge is 2.29. The molecule has 0 unspecified atom stereocenters. The Morgan fingerprint density at radius 2 is 1.72 bits per heavy atom. The zero-order valence-electron chi connectivity index (χ0n) is 15.7. The van der Waals surface area contributed by atoms with Gasteiger partial charge in [-0.15, -0.1) is 0 Å². The minimum atomic E-state index is -4.36. The maximum Gasteiger partial charge on any atom is 0.416 e. The minimum Gasteiger partial charge on any atom is -0.300 e. The van der Waals surface area contributed by atoms with E-state index < -0.39 is 11.7 Å². The van der Waals surface area contributed by atoms with E-state index in [2.05, 4.69) is 10.1 Å². The first kappa shape index (κ1) is 20.3. The van der Waals surface area contributed by atoms with E-state index in [0.29, 0.717) is 28.2 Å². The van der Waals surface area contributed by atoms with Crippen LogP contribution in [0.5, 0.6) is 0 Å². The molecule has 2 aromatic heterocycles. The van der Waals surface area contributed by atoms with Gasteiger partial charge in [0.25, 0.3) is 5.56 Å². The SMILES string of the molecule is CC(=O)Cc1c(C)[nH]n(-c2ccc(/C=C/c3ccc(C(F)(F)F)cc3)cn2)c1=O. The van der Waals surface area contributed by atoms with Crippen molar-refractivity contribution in [3.05, 3.63) is 80.9 Å². The molecule has 5 nitrogen and oxygen atoms in total. The number of hydrogen-bond donors (Lipinski definition) is 1. The summed E-state index contributed by atoms with van der Waals surface area (Å²) < 4.78 is 39.1. The second-order valence-electron chi connectivity index (χ2n) is 6.64. The van der Waals surface area contributed by atoms with Crippen LogP contribution in [0.4, 0.5) is 13.2 Å². The van der Waals surface area contributed by atoms with Crippen LogP contribution in [0, 0.1) is 6.92 Å². The first-order valence-corrected chi connectivity index (χ1v) is 8.77. The van der Waals surface area contributed by atoms with Gasteiger partial charge < -0.3 is 0 Å². The number of H-pyrrole nitrogens is 1. The van der Waals surface area contributed by atoms with Gasteiger partial charge in [-0.05, 0) is 49.2 Å². The van der Waals surface area contributed by atoms with Crippen molar-refractivity contribution in [3.63, 3.8) is 0 Å². The number of alkyl halides is 3. The Hall–Kier alpha value is -3.42. The first-order valence-electron chi connectivity index (χ1n) is 8.77. The number of Topliss-reactive ketones (excluding diaryl/α,β-unsaturated/α-hetero) is 1. The molecule has 0 saturated carbocycles. The van der Waals surface area contributed by atoms with Gasteiger partial charge in [-0.1, -0.05) is 24.3 Å². The largest absolute Gasteiger partial charge is 0.416 e. The average Bonchev–Trinajstić information content (AvgIpc) is 2.94. The van der Waals surface area contributed by atoms with E-state index in [1.807, 2.05) is 0 Å². The number of hydrogen-bond acceptors (Lipinski definition) is 3. The topological polar surface area (TPSA) is 67.8 Å². The Labute approximate surface area is 164 Å². The second-order valence-corrected chi connectivity index (χ2v) is 6.64. The summed E-state index contributed by atoms with van der Waals surface area (Å²) in [4.78, 5) is 28.0. The Morgan fingerprint density at radius 3 is 2.28 bits per heavy atom. The normalized spacial score (nSPS) is 11.9. The summed E-state index contributed by atoms with van der Waals surface area (Å²) in [6.45, 7) is 3.14. The number of ketones is 1. The lowest BCUT2D eigenvalue weighted by Crippen LogP contribution is -2.19. The summed E-state index contributed by atoms with van der Waals surface area (Å²) in [5.74, 6) is 0.271. The fraction of sp³-hybridized carbons (Fsp3) is 0.190. The van der Waals surface area contributed by atoms with Crippen LogP contribution in [0.1, 0.15) is 34.9 Å². The van der Waals surface area contributed by atoms with Crippen LogP contribution in [0.25, 0.3) is 18.0 Å². The molecule has 0 amide bonds. The van der Waals surface area contributed by atoms with Crippen molar-refractivity contribution >= 4 is 17.9 Å². The highest BCUT2D eigenvalue weighted by molar-refractivity contribution is 5.78. The van der Waals surface area contributed by atoms with Gasteiger partial charge in [0.2, 0.25) is 0 Å². The van der Waals surface area contributed by atoms with E-state index in [9.17, 15) is 22.8 Å². The number of benzene rings is 1. The molecule has 3 rings (SSSR count). The lowest BCUT2D eigenvalue weighted by Gasteiger charge is -2.06. The first-order chi connectivity index (χ1) is 13.6. The van der Waals surface area contributed by atoms with Gasteiger partial charge in [0.15, 0.2) is 5.82 Å². The molecule has 3 aromatic rings. The molecule has 150 valence electrons. The van der Waals surface area contributed by atoms with E-state index in [4.69, 9.17) is 0 Å². The van der Waals surface area contributed by atoms with Gasteiger partial charge in [-0.25, -0.2) is 9.67 Å². The van der Waals surface area contributed by atoms with Crippen LogP contribution in [-0.4, -0.2) is 20.5 Å². The Kier molecular flexibility index (Phi) is 5.54. The zero-order chi connectivity index (χ0) is 21.2. The van der Waals surface area contributed by atoms with Crippen LogP contribution >= 0.6 is 0 Å². The third-order valence-corrected chi connectivity index (χ3v) is 4.33. The molecule has 2 heterocycles. The fourth-order valence-electron chi connectivity index (χ4n) is 2.80. The molecule has 1 aromatic carbocycles.